The molecule has 1 aromatic carbocycles. The lowest BCUT2D eigenvalue weighted by molar-refractivity contribution is 0.407. The van der Waals surface area contributed by atoms with Gasteiger partial charge in [0.2, 0.25) is 0 Å². The van der Waals surface area contributed by atoms with Crippen LogP contribution in [0.15, 0.2) is 24.3 Å². The Hall–Kier alpha value is -0.820. The molecule has 0 aromatic heterocycles. The standard InChI is InChI=1S/C15H23N/c1-11(2)10-16-15-9-8-12(3)13-6-4-5-7-14(13)15/h4-7,11-12,15-16H,8-10H2,1-3H3. The van der Waals surface area contributed by atoms with Crippen LogP contribution in [0.25, 0.3) is 0 Å². The summed E-state index contributed by atoms with van der Waals surface area (Å²) in [6, 6.07) is 9.50. The van der Waals surface area contributed by atoms with Gasteiger partial charge in [0, 0.05) is 6.04 Å². The normalized spacial score (nSPS) is 24.5. The molecule has 0 heterocycles. The third-order valence-corrected chi connectivity index (χ3v) is 3.56. The number of nitrogens with one attached hydrogen (secondary N) is 1. The van der Waals surface area contributed by atoms with Crippen LogP contribution in [0, 0.1) is 5.92 Å². The summed E-state index contributed by atoms with van der Waals surface area (Å²) >= 11 is 0. The molecule has 1 aromatic rings. The van der Waals surface area contributed by atoms with Crippen molar-refractivity contribution in [1.82, 2.24) is 5.32 Å². The smallest absolute Gasteiger partial charge is 0.0323 e. The summed E-state index contributed by atoms with van der Waals surface area (Å²) in [6.45, 7) is 8.00. The first kappa shape index (κ1) is 11.7. The first-order valence-corrected chi connectivity index (χ1v) is 6.50. The minimum atomic E-state index is 0.579. The SMILES string of the molecule is CC(C)CNC1CCC(C)c2ccccc21. The van der Waals surface area contributed by atoms with Crippen molar-refractivity contribution >= 4 is 0 Å². The Balaban J connectivity index is 2.15. The predicted octanol–water partition coefficient (Wildman–Crippen LogP) is 3.87. The molecular weight excluding hydrogens is 194 g/mol. The van der Waals surface area contributed by atoms with Crippen LogP contribution in [0.1, 0.15) is 56.7 Å². The van der Waals surface area contributed by atoms with Gasteiger partial charge in [0.25, 0.3) is 0 Å². The van der Waals surface area contributed by atoms with E-state index in [4.69, 9.17) is 0 Å². The first-order valence-electron chi connectivity index (χ1n) is 6.50. The molecule has 1 aliphatic rings. The fourth-order valence-electron chi connectivity index (χ4n) is 2.59. The molecule has 1 nitrogen and oxygen atoms in total. The zero-order valence-electron chi connectivity index (χ0n) is 10.7. The zero-order valence-corrected chi connectivity index (χ0v) is 10.7. The fourth-order valence-corrected chi connectivity index (χ4v) is 2.59. The summed E-state index contributed by atoms with van der Waals surface area (Å²) < 4.78 is 0. The van der Waals surface area contributed by atoms with E-state index in [9.17, 15) is 0 Å². The third kappa shape index (κ3) is 2.46. The largest absolute Gasteiger partial charge is 0.310 e. The van der Waals surface area contributed by atoms with E-state index in [1.54, 1.807) is 5.56 Å². The molecule has 0 saturated heterocycles. The highest BCUT2D eigenvalue weighted by molar-refractivity contribution is 5.34. The molecule has 0 spiro atoms. The van der Waals surface area contributed by atoms with E-state index in [0.717, 1.165) is 18.4 Å². The molecule has 1 aliphatic carbocycles. The van der Waals surface area contributed by atoms with Crippen molar-refractivity contribution in [2.75, 3.05) is 6.54 Å². The second-order valence-electron chi connectivity index (χ2n) is 5.46. The highest BCUT2D eigenvalue weighted by Crippen LogP contribution is 2.36. The van der Waals surface area contributed by atoms with Crippen LogP contribution in [-0.4, -0.2) is 6.54 Å². The molecule has 2 unspecified atom stereocenters. The zero-order chi connectivity index (χ0) is 11.5. The van der Waals surface area contributed by atoms with Crippen molar-refractivity contribution in [3.05, 3.63) is 35.4 Å². The molecule has 0 radical (unpaired) electrons. The summed E-state index contributed by atoms with van der Waals surface area (Å²) in [7, 11) is 0. The van der Waals surface area contributed by atoms with Gasteiger partial charge in [-0.05, 0) is 42.3 Å². The van der Waals surface area contributed by atoms with Gasteiger partial charge in [-0.3, -0.25) is 0 Å². The van der Waals surface area contributed by atoms with Crippen LogP contribution in [-0.2, 0) is 0 Å². The van der Waals surface area contributed by atoms with Gasteiger partial charge < -0.3 is 5.32 Å². The molecule has 16 heavy (non-hydrogen) atoms. The topological polar surface area (TPSA) is 12.0 Å². The van der Waals surface area contributed by atoms with E-state index < -0.39 is 0 Å². The van der Waals surface area contributed by atoms with Crippen molar-refractivity contribution in [3.8, 4) is 0 Å². The lowest BCUT2D eigenvalue weighted by Crippen LogP contribution is -2.29. The summed E-state index contributed by atoms with van der Waals surface area (Å²) in [6.07, 6.45) is 2.59. The van der Waals surface area contributed by atoms with Gasteiger partial charge in [0.15, 0.2) is 0 Å². The highest BCUT2D eigenvalue weighted by Gasteiger charge is 2.23. The minimum Gasteiger partial charge on any atom is -0.310 e. The van der Waals surface area contributed by atoms with Crippen LogP contribution in [0.5, 0.6) is 0 Å². The van der Waals surface area contributed by atoms with Crippen molar-refractivity contribution in [1.29, 1.82) is 0 Å². The van der Waals surface area contributed by atoms with Crippen LogP contribution in [0.2, 0.25) is 0 Å². The Morgan fingerprint density at radius 2 is 1.88 bits per heavy atom. The molecule has 2 atom stereocenters. The van der Waals surface area contributed by atoms with Gasteiger partial charge in [-0.15, -0.1) is 0 Å². The molecule has 0 aliphatic heterocycles. The molecule has 1 heteroatoms. The maximum atomic E-state index is 3.70. The number of hydrogen-bond acceptors (Lipinski definition) is 1. The Morgan fingerprint density at radius 3 is 2.56 bits per heavy atom. The molecule has 1 N–H and O–H groups in total. The molecule has 0 fully saturated rings. The molecule has 88 valence electrons. The fraction of sp³-hybridized carbons (Fsp3) is 0.600. The van der Waals surface area contributed by atoms with Gasteiger partial charge in [-0.25, -0.2) is 0 Å². The van der Waals surface area contributed by atoms with Gasteiger partial charge in [0.05, 0.1) is 0 Å². The van der Waals surface area contributed by atoms with Crippen LogP contribution in [0.3, 0.4) is 0 Å². The Labute approximate surface area is 99.3 Å². The minimum absolute atomic E-state index is 0.579. The Morgan fingerprint density at radius 1 is 1.19 bits per heavy atom. The van der Waals surface area contributed by atoms with E-state index in [1.807, 2.05) is 0 Å². The number of fused-ring (bicyclic) bond motifs is 1. The van der Waals surface area contributed by atoms with Crippen molar-refractivity contribution in [2.24, 2.45) is 5.92 Å². The van der Waals surface area contributed by atoms with Crippen LogP contribution >= 0.6 is 0 Å². The maximum absolute atomic E-state index is 3.70. The Bertz CT molecular complexity index is 343. The van der Waals surface area contributed by atoms with E-state index in [-0.39, 0.29) is 0 Å². The summed E-state index contributed by atoms with van der Waals surface area (Å²) in [5.41, 5.74) is 3.08. The van der Waals surface area contributed by atoms with Gasteiger partial charge in [-0.2, -0.15) is 0 Å². The summed E-state index contributed by atoms with van der Waals surface area (Å²) in [5, 5.41) is 3.70. The second kappa shape index (κ2) is 5.01. The number of benzene rings is 1. The molecular formula is C15H23N. The van der Waals surface area contributed by atoms with Gasteiger partial charge in [-0.1, -0.05) is 45.0 Å². The summed E-state index contributed by atoms with van der Waals surface area (Å²) in [4.78, 5) is 0. The van der Waals surface area contributed by atoms with E-state index in [1.165, 1.54) is 18.4 Å². The lowest BCUT2D eigenvalue weighted by atomic mass is 9.81. The molecule has 2 rings (SSSR count). The van der Waals surface area contributed by atoms with Crippen LogP contribution in [0.4, 0.5) is 0 Å². The van der Waals surface area contributed by atoms with Crippen molar-refractivity contribution in [3.63, 3.8) is 0 Å². The second-order valence-corrected chi connectivity index (χ2v) is 5.46. The van der Waals surface area contributed by atoms with E-state index in [2.05, 4.69) is 50.4 Å². The highest BCUT2D eigenvalue weighted by atomic mass is 14.9. The number of hydrogen-bond donors (Lipinski definition) is 1. The van der Waals surface area contributed by atoms with Gasteiger partial charge in [0.1, 0.15) is 0 Å². The average molecular weight is 217 g/mol. The summed E-state index contributed by atoms with van der Waals surface area (Å²) in [5.74, 6) is 1.46. The predicted molar refractivity (Wildman–Crippen MR) is 69.7 cm³/mol. The molecule has 0 saturated carbocycles. The third-order valence-electron chi connectivity index (χ3n) is 3.56. The average Bonchev–Trinajstić information content (AvgIpc) is 2.28. The van der Waals surface area contributed by atoms with E-state index in [0.29, 0.717) is 6.04 Å². The maximum Gasteiger partial charge on any atom is 0.0323 e. The first-order chi connectivity index (χ1) is 7.68. The molecule has 0 bridgehead atoms. The van der Waals surface area contributed by atoms with Crippen molar-refractivity contribution < 1.29 is 0 Å². The number of rotatable bonds is 3. The van der Waals surface area contributed by atoms with Crippen molar-refractivity contribution in [2.45, 2.75) is 45.6 Å². The monoisotopic (exact) mass is 217 g/mol. The Kier molecular flexibility index (Phi) is 3.65. The quantitative estimate of drug-likeness (QED) is 0.810. The van der Waals surface area contributed by atoms with E-state index >= 15 is 0 Å². The lowest BCUT2D eigenvalue weighted by Gasteiger charge is -2.31. The van der Waals surface area contributed by atoms with Crippen LogP contribution < -0.4 is 5.32 Å². The van der Waals surface area contributed by atoms with Gasteiger partial charge >= 0.3 is 0 Å². The molecule has 0 amide bonds.